The number of aryl methyl sites for hydroxylation is 1. The van der Waals surface area contributed by atoms with E-state index < -0.39 is 26.1 Å². The quantitative estimate of drug-likeness (QED) is 0.606. The van der Waals surface area contributed by atoms with E-state index in [-0.39, 0.29) is 11.6 Å². The third-order valence-corrected chi connectivity index (χ3v) is 9.78. The van der Waals surface area contributed by atoms with Gasteiger partial charge in [0.25, 0.3) is 0 Å². The standard InChI is InChI=1S/C20H37N3O4Si/c1-19(2,3)26-18(24)21-13-15(27-28(7,8)20(4,5)6)17-23-22-16(25-17)12-11-14-9-10-14/h14-15H,9-13H2,1-8H3,(H,21,24). The lowest BCUT2D eigenvalue weighted by Gasteiger charge is -2.38. The third-order valence-electron chi connectivity index (χ3n) is 5.30. The molecule has 1 aromatic heterocycles. The summed E-state index contributed by atoms with van der Waals surface area (Å²) in [4.78, 5) is 12.1. The molecule has 1 aliphatic carbocycles. The lowest BCUT2D eigenvalue weighted by molar-refractivity contribution is 0.0486. The summed E-state index contributed by atoms with van der Waals surface area (Å²) in [5.74, 6) is 1.87. The number of ether oxygens (including phenoxy) is 1. The van der Waals surface area contributed by atoms with E-state index in [2.05, 4.69) is 49.4 Å². The second kappa shape index (κ2) is 8.53. The highest BCUT2D eigenvalue weighted by atomic mass is 28.4. The highest BCUT2D eigenvalue weighted by Gasteiger charge is 2.41. The van der Waals surface area contributed by atoms with E-state index in [4.69, 9.17) is 13.6 Å². The molecule has 2 rings (SSSR count). The molecule has 1 aromatic rings. The van der Waals surface area contributed by atoms with Crippen molar-refractivity contribution in [3.05, 3.63) is 11.8 Å². The van der Waals surface area contributed by atoms with Gasteiger partial charge < -0.3 is 18.9 Å². The van der Waals surface area contributed by atoms with Crippen LogP contribution in [0.1, 0.15) is 78.7 Å². The molecule has 1 heterocycles. The summed E-state index contributed by atoms with van der Waals surface area (Å²) in [5.41, 5.74) is -0.555. The van der Waals surface area contributed by atoms with E-state index in [9.17, 15) is 4.79 Å². The number of carbonyl (C=O) groups is 1. The van der Waals surface area contributed by atoms with Crippen molar-refractivity contribution in [2.45, 2.75) is 97.1 Å². The minimum atomic E-state index is -2.11. The summed E-state index contributed by atoms with van der Waals surface area (Å²) in [5, 5.41) is 11.2. The molecule has 1 unspecified atom stereocenters. The van der Waals surface area contributed by atoms with E-state index in [1.54, 1.807) is 0 Å². The predicted octanol–water partition coefficient (Wildman–Crippen LogP) is 5.00. The van der Waals surface area contributed by atoms with E-state index in [0.717, 1.165) is 18.8 Å². The number of carbonyl (C=O) groups excluding carboxylic acids is 1. The van der Waals surface area contributed by atoms with Gasteiger partial charge in [0.05, 0.1) is 6.54 Å². The van der Waals surface area contributed by atoms with Gasteiger partial charge in [-0.1, -0.05) is 33.6 Å². The van der Waals surface area contributed by atoms with Gasteiger partial charge in [-0.25, -0.2) is 4.79 Å². The van der Waals surface area contributed by atoms with Gasteiger partial charge >= 0.3 is 6.09 Å². The van der Waals surface area contributed by atoms with Crippen LogP contribution in [-0.4, -0.2) is 36.8 Å². The molecule has 1 aliphatic rings. The van der Waals surface area contributed by atoms with Crippen LogP contribution in [0.4, 0.5) is 4.79 Å². The van der Waals surface area contributed by atoms with Crippen LogP contribution in [0.15, 0.2) is 4.42 Å². The van der Waals surface area contributed by atoms with Crippen LogP contribution in [0.25, 0.3) is 0 Å². The number of alkyl carbamates (subject to hydrolysis) is 1. The monoisotopic (exact) mass is 411 g/mol. The van der Waals surface area contributed by atoms with Gasteiger partial charge in [0.1, 0.15) is 11.7 Å². The minimum absolute atomic E-state index is 0.0198. The summed E-state index contributed by atoms with van der Waals surface area (Å²) in [7, 11) is -2.11. The average Bonchev–Trinajstić information content (AvgIpc) is 3.23. The Bertz CT molecular complexity index is 657. The zero-order valence-corrected chi connectivity index (χ0v) is 19.7. The number of hydrogen-bond donors (Lipinski definition) is 1. The maximum atomic E-state index is 12.1. The minimum Gasteiger partial charge on any atom is -0.444 e. The van der Waals surface area contributed by atoms with Crippen LogP contribution >= 0.6 is 0 Å². The molecule has 0 spiro atoms. The first-order valence-corrected chi connectivity index (χ1v) is 13.1. The Morgan fingerprint density at radius 3 is 2.39 bits per heavy atom. The Morgan fingerprint density at radius 1 is 1.21 bits per heavy atom. The third kappa shape index (κ3) is 7.20. The van der Waals surface area contributed by atoms with Crippen LogP contribution in [-0.2, 0) is 15.6 Å². The number of hydrogen-bond acceptors (Lipinski definition) is 6. The Balaban J connectivity index is 2.07. The van der Waals surface area contributed by atoms with Crippen LogP contribution in [0.3, 0.4) is 0 Å². The zero-order chi connectivity index (χ0) is 21.2. The summed E-state index contributed by atoms with van der Waals surface area (Å²) >= 11 is 0. The number of nitrogens with one attached hydrogen (secondary N) is 1. The van der Waals surface area contributed by atoms with Gasteiger partial charge in [-0.3, -0.25) is 0 Å². The Labute approximate surface area is 170 Å². The molecule has 1 fully saturated rings. The van der Waals surface area contributed by atoms with Crippen molar-refractivity contribution in [2.24, 2.45) is 5.92 Å². The number of nitrogens with zero attached hydrogens (tertiary/aromatic N) is 2. The van der Waals surface area contributed by atoms with Crippen molar-refractivity contribution >= 4 is 14.4 Å². The summed E-state index contributed by atoms with van der Waals surface area (Å²) < 4.78 is 17.7. The Hall–Kier alpha value is -1.41. The highest BCUT2D eigenvalue weighted by Crippen LogP contribution is 2.39. The molecule has 160 valence electrons. The molecule has 0 bridgehead atoms. The SMILES string of the molecule is CC(C)(C)OC(=O)NCC(O[Si](C)(C)C(C)(C)C)c1nnc(CCC2CC2)o1. The fourth-order valence-electron chi connectivity index (χ4n) is 2.43. The molecule has 0 saturated heterocycles. The molecule has 7 nitrogen and oxygen atoms in total. The van der Waals surface area contributed by atoms with Crippen LogP contribution in [0.5, 0.6) is 0 Å². The fraction of sp³-hybridized carbons (Fsp3) is 0.850. The number of amides is 1. The molecular formula is C20H37N3O4Si. The summed E-state index contributed by atoms with van der Waals surface area (Å²) in [6.45, 7) is 16.6. The van der Waals surface area contributed by atoms with Crippen LogP contribution in [0.2, 0.25) is 18.1 Å². The second-order valence-corrected chi connectivity index (χ2v) is 15.0. The molecule has 1 amide bonds. The molecule has 0 aromatic carbocycles. The molecular weight excluding hydrogens is 374 g/mol. The molecule has 1 N–H and O–H groups in total. The smallest absolute Gasteiger partial charge is 0.407 e. The maximum Gasteiger partial charge on any atom is 0.407 e. The fourth-order valence-corrected chi connectivity index (χ4v) is 3.68. The van der Waals surface area contributed by atoms with E-state index in [1.165, 1.54) is 12.8 Å². The van der Waals surface area contributed by atoms with Crippen LogP contribution in [0, 0.1) is 5.92 Å². The molecule has 1 atom stereocenters. The molecule has 8 heteroatoms. The normalized spacial score (nSPS) is 16.7. The predicted molar refractivity (Wildman–Crippen MR) is 111 cm³/mol. The zero-order valence-electron chi connectivity index (χ0n) is 18.7. The van der Waals surface area contributed by atoms with Crippen molar-refractivity contribution in [2.75, 3.05) is 6.54 Å². The van der Waals surface area contributed by atoms with E-state index >= 15 is 0 Å². The summed E-state index contributed by atoms with van der Waals surface area (Å²) in [6.07, 6.45) is 3.52. The molecule has 0 radical (unpaired) electrons. The van der Waals surface area contributed by atoms with Gasteiger partial charge in [0.15, 0.2) is 8.32 Å². The maximum absolute atomic E-state index is 12.1. The van der Waals surface area contributed by atoms with Gasteiger partial charge in [-0.05, 0) is 51.2 Å². The van der Waals surface area contributed by atoms with Gasteiger partial charge in [-0.2, -0.15) is 0 Å². The number of rotatable bonds is 8. The first kappa shape index (κ1) is 22.9. The number of aromatic nitrogens is 2. The van der Waals surface area contributed by atoms with Crippen molar-refractivity contribution in [1.29, 1.82) is 0 Å². The molecule has 0 aliphatic heterocycles. The van der Waals surface area contributed by atoms with E-state index in [1.807, 2.05) is 20.8 Å². The van der Waals surface area contributed by atoms with E-state index in [0.29, 0.717) is 11.8 Å². The second-order valence-electron chi connectivity index (χ2n) is 10.3. The van der Waals surface area contributed by atoms with Gasteiger partial charge in [-0.15, -0.1) is 10.2 Å². The van der Waals surface area contributed by atoms with Crippen molar-refractivity contribution < 1.29 is 18.4 Å². The first-order chi connectivity index (χ1) is 12.8. The van der Waals surface area contributed by atoms with Crippen molar-refractivity contribution in [3.63, 3.8) is 0 Å². The largest absolute Gasteiger partial charge is 0.444 e. The van der Waals surface area contributed by atoms with Gasteiger partial charge in [0, 0.05) is 6.42 Å². The molecule has 1 saturated carbocycles. The Kier molecular flexibility index (Phi) is 6.97. The Morgan fingerprint density at radius 2 is 1.86 bits per heavy atom. The highest BCUT2D eigenvalue weighted by molar-refractivity contribution is 6.74. The lowest BCUT2D eigenvalue weighted by atomic mass is 10.2. The lowest BCUT2D eigenvalue weighted by Crippen LogP contribution is -2.44. The van der Waals surface area contributed by atoms with Gasteiger partial charge in [0.2, 0.25) is 11.8 Å². The average molecular weight is 412 g/mol. The first-order valence-electron chi connectivity index (χ1n) is 10.2. The van der Waals surface area contributed by atoms with Crippen molar-refractivity contribution in [1.82, 2.24) is 15.5 Å². The van der Waals surface area contributed by atoms with Crippen LogP contribution < -0.4 is 5.32 Å². The van der Waals surface area contributed by atoms with Crippen molar-refractivity contribution in [3.8, 4) is 0 Å². The summed E-state index contributed by atoms with van der Waals surface area (Å²) in [6, 6.07) is 0. The topological polar surface area (TPSA) is 86.5 Å². The molecule has 28 heavy (non-hydrogen) atoms.